The fraction of sp³-hybridized carbons (Fsp3) is 0.361. The number of primary amides is 3. The van der Waals surface area contributed by atoms with Crippen LogP contribution in [0.25, 0.3) is 23.4 Å². The van der Waals surface area contributed by atoms with E-state index >= 15 is 0 Å². The topological polar surface area (TPSA) is 484 Å². The number of hydrogen-bond donors (Lipinski definition) is 15. The Morgan fingerprint density at radius 2 is 0.802 bits per heavy atom. The fourth-order valence-corrected chi connectivity index (χ4v) is 17.0. The molecule has 18 N–H and O–H groups in total. The summed E-state index contributed by atoms with van der Waals surface area (Å²) in [5.74, 6) is -3.10. The molecule has 9 aliphatic carbocycles. The Morgan fingerprint density at radius 1 is 0.514 bits per heavy atom. The number of fused-ring (bicyclic) bond motifs is 9. The van der Waals surface area contributed by atoms with Crippen LogP contribution >= 0.6 is 22.6 Å². The number of aliphatic hydroxyl groups excluding tert-OH is 6. The van der Waals surface area contributed by atoms with Crippen molar-refractivity contribution in [3.8, 4) is 78.0 Å². The second kappa shape index (κ2) is 35.0. The highest BCUT2D eigenvalue weighted by Gasteiger charge is 2.68. The van der Waals surface area contributed by atoms with Gasteiger partial charge >= 0.3 is 0 Å². The minimum absolute atomic E-state index is 0. The number of rotatable bonds is 7. The SMILES string of the molecule is C.C.C#CC.C#CC#CC#C.C/C=C\c1ccc(O)c2c1CC1CC3C(N(C)C)C(=O)C(C(N)=O)=C(O)[C@@]3(O)C(=O)C1=C2O.C=CC.CC#Cc1ccc(O)c2c1CC1CC3C(N(C)C)C(=O)C(C(N)=O)=C(O)[C@@]3(O)C(=O)C1=C2O.CN(C)C1C(=O)C(C(N)=O)=C(O)[C@@]2(O)C(=O)C3=C(O)c4c(O)ccc(I)c4CC3CC12. The minimum Gasteiger partial charge on any atom is -0.508 e. The number of aliphatic hydroxyl groups is 9. The molecule has 3 aromatic rings. The highest BCUT2D eigenvalue weighted by atomic mass is 127. The lowest BCUT2D eigenvalue weighted by atomic mass is 9.57. The van der Waals surface area contributed by atoms with Crippen LogP contribution in [0.3, 0.4) is 0 Å². The number of Topliss-reactive ketones (excluding diaryl/α,β-unsaturated/α-hetero) is 6. The third kappa shape index (κ3) is 15.1. The van der Waals surface area contributed by atoms with Crippen LogP contribution < -0.4 is 17.2 Å². The maximum atomic E-state index is 13.7. The molecule has 27 nitrogen and oxygen atoms in total. The molecule has 28 heteroatoms. The third-order valence-electron chi connectivity index (χ3n) is 20.6. The van der Waals surface area contributed by atoms with Crippen molar-refractivity contribution in [2.45, 2.75) is 116 Å². The second-order valence-corrected chi connectivity index (χ2v) is 28.6. The summed E-state index contributed by atoms with van der Waals surface area (Å²) in [5.41, 5.74) is 8.45. The van der Waals surface area contributed by atoms with Gasteiger partial charge in [-0.15, -0.1) is 37.7 Å². The minimum atomic E-state index is -2.64. The van der Waals surface area contributed by atoms with E-state index in [1.54, 1.807) is 80.4 Å². The lowest BCUT2D eigenvalue weighted by Gasteiger charge is -2.50. The molecule has 0 spiro atoms. The number of ketones is 6. The van der Waals surface area contributed by atoms with Crippen LogP contribution in [0.5, 0.6) is 17.2 Å². The number of carbonyl (C=O) groups excluding carboxylic acids is 9. The van der Waals surface area contributed by atoms with Gasteiger partial charge in [0.25, 0.3) is 17.7 Å². The van der Waals surface area contributed by atoms with Gasteiger partial charge in [0.15, 0.2) is 34.2 Å². The second-order valence-electron chi connectivity index (χ2n) is 27.4. The molecule has 12 rings (SSSR count). The first-order chi connectivity index (χ1) is 51.1. The normalized spacial score (nSPS) is 26.1. The molecule has 0 heterocycles. The zero-order chi connectivity index (χ0) is 82.0. The van der Waals surface area contributed by atoms with Crippen LogP contribution in [-0.2, 0) is 62.4 Å². The van der Waals surface area contributed by atoms with Gasteiger partial charge in [0, 0.05) is 43.6 Å². The van der Waals surface area contributed by atoms with E-state index < -0.39 is 174 Å². The van der Waals surface area contributed by atoms with Crippen molar-refractivity contribution in [3.63, 3.8) is 0 Å². The number of phenols is 3. The molecule has 3 aromatic carbocycles. The van der Waals surface area contributed by atoms with Gasteiger partial charge in [-0.2, -0.15) is 0 Å². The quantitative estimate of drug-likeness (QED) is 0.0620. The number of likely N-dealkylation sites (N-methyl/N-ethyl adjacent to an activating group) is 3. The molecule has 3 fully saturated rings. The third-order valence-corrected chi connectivity index (χ3v) is 21.6. The van der Waals surface area contributed by atoms with Crippen LogP contribution in [0, 0.1) is 99.8 Å². The number of halogens is 1. The first-order valence-corrected chi connectivity index (χ1v) is 34.7. The number of carbonyl (C=O) groups is 9. The number of aromatic hydroxyl groups is 3. The molecular formula is C83H91IN6O21. The highest BCUT2D eigenvalue weighted by molar-refractivity contribution is 14.1. The summed E-state index contributed by atoms with van der Waals surface area (Å²) in [4.78, 5) is 120. The summed E-state index contributed by atoms with van der Waals surface area (Å²) >= 11 is 2.07. The van der Waals surface area contributed by atoms with Gasteiger partial charge in [-0.1, -0.05) is 45.1 Å². The largest absolute Gasteiger partial charge is 0.508 e. The summed E-state index contributed by atoms with van der Waals surface area (Å²) in [7, 11) is 9.37. The van der Waals surface area contributed by atoms with E-state index in [9.17, 15) is 104 Å². The monoisotopic (exact) mass is 1630 g/mol. The van der Waals surface area contributed by atoms with Gasteiger partial charge in [0.2, 0.25) is 17.3 Å². The van der Waals surface area contributed by atoms with Crippen LogP contribution in [0.1, 0.15) is 106 Å². The number of terminal acetylenes is 3. The first kappa shape index (κ1) is 90.1. The van der Waals surface area contributed by atoms with E-state index in [0.717, 1.165) is 9.13 Å². The molecule has 586 valence electrons. The Hall–Kier alpha value is -11.5. The van der Waals surface area contributed by atoms with Crippen LogP contribution in [0.15, 0.2) is 106 Å². The standard InChI is InChI=1S/C24H26N2O7.C24H24N2O7.C21H21IN2O7.C6H2.C3H6.C3H4.2CH4/c2*1-4-5-10-6-7-14(27)16-12(10)8-11-9-13-18(26(2)3)20(29)17(23(25)32)22(31)24(13,33)21(30)15(11)19(16)28;1-24(2)15-9-6-7-5-8-10(22)3-4-11(25)13(8)16(26)12(7)18(28)21(9,31)19(29)14(17(15)27)20(23)30;1-3-5-6-4-2;2*1-3-2;;/h4-7,11,13,18,27-28,31,33H,8-9H2,1-3H3,(H2,25,32);6-7,11,13,18,27-28,31,33H,8-9H2,1-3H3,(H2,25,32);3-4,7,9,15,25-26,29,31H,5-6H2,1-2H3,(H2,23,30);1-2H;3H,1H2,2H3;1H,2H3;2*1H4/b5-4-;;;;;;;/t2*11?,13?,18?,24-;7?,9?,15?,21-;;;;;/m000...../s1. The number of benzene rings is 3. The van der Waals surface area contributed by atoms with Crippen molar-refractivity contribution in [3.05, 3.63) is 154 Å². The molecule has 0 aromatic heterocycles. The molecule has 0 aliphatic heterocycles. The number of hydrogen-bond acceptors (Lipinski definition) is 24. The Bertz CT molecular complexity index is 4970. The van der Waals surface area contributed by atoms with E-state index in [0.29, 0.717) is 28.7 Å². The average molecular weight is 1640 g/mol. The number of phenolic OH excluding ortho intramolecular Hbond substituents is 3. The maximum absolute atomic E-state index is 13.7. The fourth-order valence-electron chi connectivity index (χ4n) is 16.4. The maximum Gasteiger partial charge on any atom is 0.255 e. The first-order valence-electron chi connectivity index (χ1n) is 33.6. The van der Waals surface area contributed by atoms with Gasteiger partial charge in [-0.05, 0) is 225 Å². The van der Waals surface area contributed by atoms with Gasteiger partial charge in [-0.25, -0.2) is 0 Å². The summed E-state index contributed by atoms with van der Waals surface area (Å²) < 4.78 is 0.784. The smallest absolute Gasteiger partial charge is 0.255 e. The van der Waals surface area contributed by atoms with Gasteiger partial charge < -0.3 is 78.5 Å². The van der Waals surface area contributed by atoms with Crippen molar-refractivity contribution in [1.29, 1.82) is 0 Å². The number of nitrogens with two attached hydrogens (primary N) is 3. The van der Waals surface area contributed by atoms with Gasteiger partial charge in [-0.3, -0.25) is 57.9 Å². The molecule has 0 saturated heterocycles. The number of amides is 3. The molecule has 0 radical (unpaired) electrons. The van der Waals surface area contributed by atoms with Crippen molar-refractivity contribution in [1.82, 2.24) is 14.7 Å². The van der Waals surface area contributed by atoms with Crippen LogP contribution in [0.2, 0.25) is 0 Å². The Labute approximate surface area is 656 Å². The van der Waals surface area contributed by atoms with E-state index in [4.69, 9.17) is 30.0 Å². The van der Waals surface area contributed by atoms with Crippen LogP contribution in [0.4, 0.5) is 0 Å². The molecule has 12 atom stereocenters. The van der Waals surface area contributed by atoms with Crippen molar-refractivity contribution in [2.75, 3.05) is 42.3 Å². The zero-order valence-corrected chi connectivity index (χ0v) is 63.2. The van der Waals surface area contributed by atoms with E-state index in [-0.39, 0.29) is 97.6 Å². The van der Waals surface area contributed by atoms with Crippen molar-refractivity contribution in [2.24, 2.45) is 52.7 Å². The van der Waals surface area contributed by atoms with E-state index in [1.807, 2.05) is 26.0 Å². The van der Waals surface area contributed by atoms with Gasteiger partial charge in [0.05, 0.1) is 34.8 Å². The molecule has 3 amide bonds. The Morgan fingerprint density at radius 3 is 1.10 bits per heavy atom. The summed E-state index contributed by atoms with van der Waals surface area (Å²) in [6.45, 7) is 10.4. The molecule has 9 unspecified atom stereocenters. The van der Waals surface area contributed by atoms with Crippen molar-refractivity contribution < 1.29 is 104 Å². The average Bonchev–Trinajstić information content (AvgIpc) is 0.711. The molecule has 0 bridgehead atoms. The molecule has 111 heavy (non-hydrogen) atoms. The van der Waals surface area contributed by atoms with Gasteiger partial charge in [0.1, 0.15) is 68.5 Å². The Kier molecular flexibility index (Phi) is 28.4. The summed E-state index contributed by atoms with van der Waals surface area (Å²) in [6.07, 6.45) is 20.3. The number of allylic oxidation sites excluding steroid dienone is 2. The molecule has 3 saturated carbocycles. The summed E-state index contributed by atoms with van der Waals surface area (Å²) in [5, 5.41) is 131. The predicted octanol–water partition coefficient (Wildman–Crippen LogP) is 5.26. The van der Waals surface area contributed by atoms with E-state index in [2.05, 4.69) is 77.0 Å². The summed E-state index contributed by atoms with van der Waals surface area (Å²) in [6, 6.07) is 5.87. The lowest BCUT2D eigenvalue weighted by Crippen LogP contribution is -2.65. The van der Waals surface area contributed by atoms with E-state index in [1.165, 1.54) is 32.9 Å². The van der Waals surface area contributed by atoms with Crippen molar-refractivity contribution >= 4 is 98.4 Å². The zero-order valence-electron chi connectivity index (χ0n) is 61.1. The number of nitrogens with zero attached hydrogens (tertiary/aromatic N) is 3. The molecule has 9 aliphatic rings. The molecular weight excluding hydrogens is 1540 g/mol. The highest BCUT2D eigenvalue weighted by Crippen LogP contribution is 2.57. The van der Waals surface area contributed by atoms with Crippen LogP contribution in [-0.4, -0.2) is 206 Å². The Balaban J connectivity index is 0.000000275. The lowest BCUT2D eigenvalue weighted by molar-refractivity contribution is -0.155. The predicted molar refractivity (Wildman–Crippen MR) is 422 cm³/mol.